The molecule has 5 nitrogen and oxygen atoms in total. The maximum Gasteiger partial charge on any atom is 0.335 e. The van der Waals surface area contributed by atoms with Gasteiger partial charge in [0.05, 0.1) is 11.3 Å². The van der Waals surface area contributed by atoms with Crippen molar-refractivity contribution < 1.29 is 19.4 Å². The Balaban J connectivity index is 1.91. The van der Waals surface area contributed by atoms with E-state index in [0.29, 0.717) is 17.0 Å². The third kappa shape index (κ3) is 2.09. The highest BCUT2D eigenvalue weighted by Gasteiger charge is 2.28. The highest BCUT2D eigenvalue weighted by Crippen LogP contribution is 2.34. The Morgan fingerprint density at radius 2 is 1.80 bits per heavy atom. The molecule has 0 aromatic heterocycles. The normalized spacial score (nSPS) is 16.8. The lowest BCUT2D eigenvalue weighted by Crippen LogP contribution is -2.30. The first-order valence-corrected chi connectivity index (χ1v) is 6.05. The zero-order chi connectivity index (χ0) is 14.1. The summed E-state index contributed by atoms with van der Waals surface area (Å²) in [7, 11) is 0. The van der Waals surface area contributed by atoms with Crippen molar-refractivity contribution in [2.24, 2.45) is 0 Å². The van der Waals surface area contributed by atoms with Crippen LogP contribution in [0.15, 0.2) is 48.5 Å². The number of benzene rings is 2. The lowest BCUT2D eigenvalue weighted by atomic mass is 10.0. The standard InChI is InChI=1S/C15H11NO4/c17-14-13(9-5-7-10(8-6-9)15(18)19)20-12-4-2-1-3-11(12)16-14/h1-8,13H,(H,16,17)(H,18,19). The predicted octanol–water partition coefficient (Wildman–Crippen LogP) is 2.46. The summed E-state index contributed by atoms with van der Waals surface area (Å²) in [5.74, 6) is -0.679. The molecule has 1 atom stereocenters. The van der Waals surface area contributed by atoms with E-state index in [2.05, 4.69) is 5.32 Å². The van der Waals surface area contributed by atoms with E-state index in [0.717, 1.165) is 0 Å². The summed E-state index contributed by atoms with van der Waals surface area (Å²) in [5.41, 5.74) is 1.42. The Bertz CT molecular complexity index is 679. The number of fused-ring (bicyclic) bond motifs is 1. The van der Waals surface area contributed by atoms with Gasteiger partial charge in [-0.2, -0.15) is 0 Å². The first-order chi connectivity index (χ1) is 9.65. The molecule has 100 valence electrons. The van der Waals surface area contributed by atoms with Gasteiger partial charge < -0.3 is 15.2 Å². The molecule has 0 saturated heterocycles. The fourth-order valence-electron chi connectivity index (χ4n) is 2.07. The number of hydrogen-bond donors (Lipinski definition) is 2. The SMILES string of the molecule is O=C(O)c1ccc(C2Oc3ccccc3NC2=O)cc1. The number of ether oxygens (including phenoxy) is 1. The van der Waals surface area contributed by atoms with E-state index >= 15 is 0 Å². The van der Waals surface area contributed by atoms with Crippen LogP contribution in [0.3, 0.4) is 0 Å². The Morgan fingerprint density at radius 3 is 2.50 bits per heavy atom. The number of rotatable bonds is 2. The number of amides is 1. The Kier molecular flexibility index (Phi) is 2.87. The van der Waals surface area contributed by atoms with Crippen LogP contribution in [0.5, 0.6) is 5.75 Å². The second-order valence-electron chi connectivity index (χ2n) is 4.41. The zero-order valence-electron chi connectivity index (χ0n) is 10.4. The summed E-state index contributed by atoms with van der Waals surface area (Å²) in [4.78, 5) is 22.8. The van der Waals surface area contributed by atoms with E-state index in [1.54, 1.807) is 24.3 Å². The Labute approximate surface area is 114 Å². The topological polar surface area (TPSA) is 75.6 Å². The van der Waals surface area contributed by atoms with Crippen molar-refractivity contribution in [2.75, 3.05) is 5.32 Å². The molecule has 20 heavy (non-hydrogen) atoms. The van der Waals surface area contributed by atoms with Crippen LogP contribution in [0.25, 0.3) is 0 Å². The van der Waals surface area contributed by atoms with Gasteiger partial charge in [0.25, 0.3) is 5.91 Å². The number of nitrogens with one attached hydrogen (secondary N) is 1. The molecular weight excluding hydrogens is 258 g/mol. The van der Waals surface area contributed by atoms with Gasteiger partial charge in [0.2, 0.25) is 6.10 Å². The molecule has 1 amide bonds. The number of carbonyl (C=O) groups excluding carboxylic acids is 1. The molecule has 3 rings (SSSR count). The molecule has 1 aliphatic heterocycles. The highest BCUT2D eigenvalue weighted by molar-refractivity contribution is 5.98. The molecule has 1 unspecified atom stereocenters. The van der Waals surface area contributed by atoms with E-state index in [4.69, 9.17) is 9.84 Å². The van der Waals surface area contributed by atoms with Crippen LogP contribution < -0.4 is 10.1 Å². The number of anilines is 1. The van der Waals surface area contributed by atoms with Gasteiger partial charge in [-0.05, 0) is 24.3 Å². The molecule has 5 heteroatoms. The number of carbonyl (C=O) groups is 2. The summed E-state index contributed by atoms with van der Waals surface area (Å²) in [6.07, 6.45) is -0.771. The van der Waals surface area contributed by atoms with Gasteiger partial charge in [0.15, 0.2) is 0 Å². The molecule has 0 fully saturated rings. The van der Waals surface area contributed by atoms with Gasteiger partial charge >= 0.3 is 5.97 Å². The number of para-hydroxylation sites is 2. The first kappa shape index (κ1) is 12.2. The molecule has 2 N–H and O–H groups in total. The van der Waals surface area contributed by atoms with E-state index < -0.39 is 12.1 Å². The fourth-order valence-corrected chi connectivity index (χ4v) is 2.07. The van der Waals surface area contributed by atoms with Crippen molar-refractivity contribution in [3.8, 4) is 5.75 Å². The third-order valence-corrected chi connectivity index (χ3v) is 3.09. The van der Waals surface area contributed by atoms with Crippen LogP contribution in [-0.4, -0.2) is 17.0 Å². The van der Waals surface area contributed by atoms with Crippen LogP contribution >= 0.6 is 0 Å². The summed E-state index contributed by atoms with van der Waals surface area (Å²) in [6.45, 7) is 0. The molecule has 0 saturated carbocycles. The third-order valence-electron chi connectivity index (χ3n) is 3.09. The van der Waals surface area contributed by atoms with Gasteiger partial charge in [0.1, 0.15) is 5.75 Å². The molecule has 0 spiro atoms. The van der Waals surface area contributed by atoms with Crippen molar-refractivity contribution in [3.63, 3.8) is 0 Å². The molecule has 1 aliphatic rings. The maximum absolute atomic E-state index is 12.0. The molecule has 2 aromatic carbocycles. The highest BCUT2D eigenvalue weighted by atomic mass is 16.5. The number of carboxylic acids is 1. The van der Waals surface area contributed by atoms with Gasteiger partial charge in [-0.3, -0.25) is 4.79 Å². The molecule has 0 bridgehead atoms. The van der Waals surface area contributed by atoms with Crippen molar-refractivity contribution >= 4 is 17.6 Å². The average Bonchev–Trinajstić information content (AvgIpc) is 2.46. The largest absolute Gasteiger partial charge is 0.478 e. The lowest BCUT2D eigenvalue weighted by Gasteiger charge is -2.25. The van der Waals surface area contributed by atoms with E-state index in [1.165, 1.54) is 12.1 Å². The minimum absolute atomic E-state index is 0.172. The quantitative estimate of drug-likeness (QED) is 0.878. The van der Waals surface area contributed by atoms with Crippen LogP contribution in [0, 0.1) is 0 Å². The summed E-state index contributed by atoms with van der Waals surface area (Å²) in [5, 5.41) is 11.6. The van der Waals surface area contributed by atoms with E-state index in [-0.39, 0.29) is 11.5 Å². The summed E-state index contributed by atoms with van der Waals surface area (Å²) >= 11 is 0. The van der Waals surface area contributed by atoms with E-state index in [9.17, 15) is 9.59 Å². The second-order valence-corrected chi connectivity index (χ2v) is 4.41. The minimum atomic E-state index is -1.00. The van der Waals surface area contributed by atoms with Crippen LogP contribution in [0.1, 0.15) is 22.0 Å². The second kappa shape index (κ2) is 4.70. The van der Waals surface area contributed by atoms with Gasteiger partial charge in [-0.15, -0.1) is 0 Å². The first-order valence-electron chi connectivity index (χ1n) is 6.05. The summed E-state index contributed by atoms with van der Waals surface area (Å²) in [6, 6.07) is 13.2. The molecule has 1 heterocycles. The monoisotopic (exact) mass is 269 g/mol. The minimum Gasteiger partial charge on any atom is -0.478 e. The predicted molar refractivity (Wildman–Crippen MR) is 71.8 cm³/mol. The van der Waals surface area contributed by atoms with Crippen molar-refractivity contribution in [1.82, 2.24) is 0 Å². The average molecular weight is 269 g/mol. The molecule has 2 aromatic rings. The Morgan fingerprint density at radius 1 is 1.10 bits per heavy atom. The summed E-state index contributed by atoms with van der Waals surface area (Å²) < 4.78 is 5.67. The lowest BCUT2D eigenvalue weighted by molar-refractivity contribution is -0.123. The van der Waals surface area contributed by atoms with E-state index in [1.807, 2.05) is 12.1 Å². The van der Waals surface area contributed by atoms with Crippen molar-refractivity contribution in [2.45, 2.75) is 6.10 Å². The van der Waals surface area contributed by atoms with Crippen molar-refractivity contribution in [3.05, 3.63) is 59.7 Å². The number of aromatic carboxylic acids is 1. The molecule has 0 radical (unpaired) electrons. The van der Waals surface area contributed by atoms with Crippen LogP contribution in [0.4, 0.5) is 5.69 Å². The zero-order valence-corrected chi connectivity index (χ0v) is 10.4. The van der Waals surface area contributed by atoms with Gasteiger partial charge in [-0.1, -0.05) is 24.3 Å². The fraction of sp³-hybridized carbons (Fsp3) is 0.0667. The van der Waals surface area contributed by atoms with Gasteiger partial charge in [0, 0.05) is 5.56 Å². The number of carboxylic acid groups (broad SMARTS) is 1. The van der Waals surface area contributed by atoms with Crippen LogP contribution in [0.2, 0.25) is 0 Å². The van der Waals surface area contributed by atoms with Crippen molar-refractivity contribution in [1.29, 1.82) is 0 Å². The smallest absolute Gasteiger partial charge is 0.335 e. The van der Waals surface area contributed by atoms with Crippen LogP contribution in [-0.2, 0) is 4.79 Å². The molecule has 0 aliphatic carbocycles. The molecular formula is C15H11NO4. The Hall–Kier alpha value is -2.82. The van der Waals surface area contributed by atoms with Gasteiger partial charge in [-0.25, -0.2) is 4.79 Å². The number of hydrogen-bond acceptors (Lipinski definition) is 3. The maximum atomic E-state index is 12.0.